The van der Waals surface area contributed by atoms with Gasteiger partial charge < -0.3 is 4.74 Å². The Balaban J connectivity index is 1.67. The number of amides is 3. The minimum atomic E-state index is -0.526. The van der Waals surface area contributed by atoms with Crippen LogP contribution in [0.3, 0.4) is 0 Å². The maximum absolute atomic E-state index is 12.6. The van der Waals surface area contributed by atoms with Crippen molar-refractivity contribution >= 4 is 29.4 Å². The summed E-state index contributed by atoms with van der Waals surface area (Å²) in [4.78, 5) is 34.1. The molecule has 1 aromatic carbocycles. The molecule has 1 fully saturated rings. The molecule has 26 heavy (non-hydrogen) atoms. The van der Waals surface area contributed by atoms with Gasteiger partial charge in [-0.3, -0.25) is 14.6 Å². The maximum atomic E-state index is 12.6. The molecule has 1 unspecified atom stereocenters. The fourth-order valence-electron chi connectivity index (χ4n) is 3.54. The van der Waals surface area contributed by atoms with Gasteiger partial charge in [-0.05, 0) is 18.6 Å². The number of likely N-dealkylation sites (N-methyl/N-ethyl adjacent to an activating group) is 2. The predicted octanol–water partition coefficient (Wildman–Crippen LogP) is 0.968. The number of rotatable bonds is 4. The molecule has 136 valence electrons. The van der Waals surface area contributed by atoms with E-state index in [1.807, 2.05) is 28.8 Å². The third kappa shape index (κ3) is 2.36. The summed E-state index contributed by atoms with van der Waals surface area (Å²) < 4.78 is 7.69. The summed E-state index contributed by atoms with van der Waals surface area (Å²) in [5.74, 6) is 1.79. The van der Waals surface area contributed by atoms with Crippen LogP contribution in [0.25, 0.3) is 0 Å². The zero-order chi connectivity index (χ0) is 18.4. The lowest BCUT2D eigenvalue weighted by atomic mass is 10.1. The summed E-state index contributed by atoms with van der Waals surface area (Å²) >= 11 is 0. The van der Waals surface area contributed by atoms with Gasteiger partial charge in [0, 0.05) is 20.2 Å². The highest BCUT2D eigenvalue weighted by atomic mass is 16.5. The Bertz CT molecular complexity index is 847. The molecule has 8 heteroatoms. The van der Waals surface area contributed by atoms with Crippen LogP contribution < -0.4 is 9.64 Å². The molecule has 3 amide bonds. The van der Waals surface area contributed by atoms with E-state index in [1.54, 1.807) is 7.05 Å². The lowest BCUT2D eigenvalue weighted by Crippen LogP contribution is -2.61. The lowest BCUT2D eigenvalue weighted by molar-refractivity contribution is -0.525. The number of carbonyl (C=O) groups excluding carboxylic acids is 2. The largest absolute Gasteiger partial charge is 0.493 e. The first-order chi connectivity index (χ1) is 12.5. The van der Waals surface area contributed by atoms with E-state index < -0.39 is 6.04 Å². The SMILES string of the molecule is CCCOc1cccc(N2CC[N+]3=C2N=C2C3C(=O)N(C)C(=O)N2C)c1. The predicted molar refractivity (Wildman–Crippen MR) is 96.9 cm³/mol. The Morgan fingerprint density at radius 2 is 2.08 bits per heavy atom. The van der Waals surface area contributed by atoms with E-state index in [9.17, 15) is 9.59 Å². The van der Waals surface area contributed by atoms with Crippen LogP contribution in [0.2, 0.25) is 0 Å². The fraction of sp³-hybridized carbons (Fsp3) is 0.444. The van der Waals surface area contributed by atoms with Gasteiger partial charge in [0.1, 0.15) is 18.0 Å². The Morgan fingerprint density at radius 3 is 2.85 bits per heavy atom. The van der Waals surface area contributed by atoms with Crippen molar-refractivity contribution < 1.29 is 18.9 Å². The number of imide groups is 1. The minimum Gasteiger partial charge on any atom is -0.493 e. The Morgan fingerprint density at radius 1 is 1.27 bits per heavy atom. The highest BCUT2D eigenvalue weighted by Gasteiger charge is 2.54. The molecule has 1 saturated heterocycles. The van der Waals surface area contributed by atoms with Gasteiger partial charge in [-0.2, -0.15) is 0 Å². The van der Waals surface area contributed by atoms with Gasteiger partial charge in [-0.15, -0.1) is 0 Å². The molecule has 0 aromatic heterocycles. The van der Waals surface area contributed by atoms with Crippen LogP contribution >= 0.6 is 0 Å². The molecule has 3 heterocycles. The fourth-order valence-corrected chi connectivity index (χ4v) is 3.54. The number of hydrogen-bond donors (Lipinski definition) is 0. The molecule has 4 rings (SSSR count). The molecule has 0 aliphatic carbocycles. The highest BCUT2D eigenvalue weighted by Crippen LogP contribution is 2.28. The minimum absolute atomic E-state index is 0.233. The zero-order valence-electron chi connectivity index (χ0n) is 15.2. The van der Waals surface area contributed by atoms with Gasteiger partial charge in [0.2, 0.25) is 11.9 Å². The van der Waals surface area contributed by atoms with Gasteiger partial charge >= 0.3 is 12.0 Å². The Hall–Kier alpha value is -2.90. The molecule has 0 bridgehead atoms. The Labute approximate surface area is 152 Å². The van der Waals surface area contributed by atoms with Crippen molar-refractivity contribution in [2.75, 3.05) is 38.7 Å². The third-order valence-corrected chi connectivity index (χ3v) is 4.92. The van der Waals surface area contributed by atoms with Gasteiger partial charge in [0.05, 0.1) is 13.2 Å². The van der Waals surface area contributed by atoms with Crippen molar-refractivity contribution in [3.63, 3.8) is 0 Å². The van der Waals surface area contributed by atoms with Crippen molar-refractivity contribution in [3.8, 4) is 5.75 Å². The normalized spacial score (nSPS) is 22.0. The van der Waals surface area contributed by atoms with Gasteiger partial charge in [0.15, 0.2) is 0 Å². The number of hydrogen-bond acceptors (Lipinski definition) is 5. The lowest BCUT2D eigenvalue weighted by Gasteiger charge is -2.31. The molecule has 1 aromatic rings. The first-order valence-electron chi connectivity index (χ1n) is 8.80. The molecule has 0 saturated carbocycles. The number of fused-ring (bicyclic) bond motifs is 2. The topological polar surface area (TPSA) is 68.5 Å². The summed E-state index contributed by atoms with van der Waals surface area (Å²) in [5, 5.41) is 0. The zero-order valence-corrected chi connectivity index (χ0v) is 15.2. The van der Waals surface area contributed by atoms with Crippen LogP contribution in [0.1, 0.15) is 13.3 Å². The summed E-state index contributed by atoms with van der Waals surface area (Å²) in [7, 11) is 3.17. The van der Waals surface area contributed by atoms with Crippen LogP contribution in [-0.2, 0) is 4.79 Å². The molecular weight excluding hydrogens is 334 g/mol. The van der Waals surface area contributed by atoms with Crippen LogP contribution in [-0.4, -0.2) is 77.9 Å². The summed E-state index contributed by atoms with van der Waals surface area (Å²) in [6, 6.07) is 6.99. The second kappa shape index (κ2) is 6.12. The molecule has 1 atom stereocenters. The van der Waals surface area contributed by atoms with Crippen molar-refractivity contribution in [3.05, 3.63) is 24.3 Å². The van der Waals surface area contributed by atoms with Crippen LogP contribution in [0.15, 0.2) is 29.3 Å². The molecule has 8 nitrogen and oxygen atoms in total. The van der Waals surface area contributed by atoms with E-state index in [2.05, 4.69) is 16.8 Å². The maximum Gasteiger partial charge on any atom is 0.397 e. The second-order valence-corrected chi connectivity index (χ2v) is 6.60. The Kier molecular flexibility index (Phi) is 3.90. The van der Waals surface area contributed by atoms with E-state index >= 15 is 0 Å². The molecule has 3 aliphatic rings. The first kappa shape index (κ1) is 16.6. The average molecular weight is 356 g/mol. The molecular formula is C18H22N5O3+. The van der Waals surface area contributed by atoms with E-state index in [-0.39, 0.29) is 11.9 Å². The highest BCUT2D eigenvalue weighted by molar-refractivity contribution is 6.24. The number of nitrogens with zero attached hydrogens (tertiary/aromatic N) is 5. The van der Waals surface area contributed by atoms with Crippen LogP contribution in [0.5, 0.6) is 5.75 Å². The van der Waals surface area contributed by atoms with Crippen molar-refractivity contribution in [1.29, 1.82) is 0 Å². The number of urea groups is 1. The summed E-state index contributed by atoms with van der Waals surface area (Å²) in [6.07, 6.45) is 0.949. The van der Waals surface area contributed by atoms with E-state index in [4.69, 9.17) is 4.74 Å². The third-order valence-electron chi connectivity index (χ3n) is 4.92. The number of amidine groups is 1. The smallest absolute Gasteiger partial charge is 0.397 e. The van der Waals surface area contributed by atoms with Crippen molar-refractivity contribution in [1.82, 2.24) is 9.80 Å². The van der Waals surface area contributed by atoms with Crippen molar-refractivity contribution in [2.45, 2.75) is 19.4 Å². The number of aliphatic imine (C=N–C) groups is 1. The summed E-state index contributed by atoms with van der Waals surface area (Å²) in [6.45, 7) is 4.15. The van der Waals surface area contributed by atoms with Gasteiger partial charge in [0.25, 0.3) is 5.91 Å². The molecule has 0 N–H and O–H groups in total. The summed E-state index contributed by atoms with van der Waals surface area (Å²) in [5.41, 5.74) is 0.967. The monoisotopic (exact) mass is 356 g/mol. The van der Waals surface area contributed by atoms with E-state index in [0.29, 0.717) is 24.9 Å². The number of carbonyl (C=O) groups is 2. The molecule has 0 radical (unpaired) electrons. The first-order valence-corrected chi connectivity index (χ1v) is 8.80. The second-order valence-electron chi connectivity index (χ2n) is 6.60. The number of benzene rings is 1. The van der Waals surface area contributed by atoms with Crippen LogP contribution in [0, 0.1) is 0 Å². The molecule has 0 spiro atoms. The molecule has 3 aliphatic heterocycles. The van der Waals surface area contributed by atoms with Crippen molar-refractivity contribution in [2.24, 2.45) is 4.99 Å². The number of guanidine groups is 1. The number of anilines is 1. The number of ether oxygens (including phenoxy) is 1. The quantitative estimate of drug-likeness (QED) is 0.754. The van der Waals surface area contributed by atoms with Gasteiger partial charge in [-0.1, -0.05) is 18.0 Å². The standard InChI is InChI=1S/C18H22N5O3/c1-4-10-26-13-7-5-6-12(11-13)22-8-9-23-14-15(19-17(22)23)20(2)18(25)21(3)16(14)24/h5-7,11,14H,4,8-10H2,1-3H3/q+1. The van der Waals surface area contributed by atoms with E-state index in [1.165, 1.54) is 11.9 Å². The van der Waals surface area contributed by atoms with Crippen LogP contribution in [0.4, 0.5) is 10.5 Å². The van der Waals surface area contributed by atoms with E-state index in [0.717, 1.165) is 29.3 Å². The average Bonchev–Trinajstić information content (AvgIpc) is 3.22. The van der Waals surface area contributed by atoms with Gasteiger partial charge in [-0.25, -0.2) is 14.3 Å².